The Bertz CT molecular complexity index is 204. The normalized spacial score (nSPS) is 11.9. The number of halogens is 1. The van der Waals surface area contributed by atoms with Gasteiger partial charge in [0.15, 0.2) is 0 Å². The van der Waals surface area contributed by atoms with E-state index in [4.69, 9.17) is 11.6 Å². The molecule has 0 radical (unpaired) electrons. The zero-order valence-corrected chi connectivity index (χ0v) is 9.80. The first-order chi connectivity index (χ1) is 6.63. The Morgan fingerprint density at radius 2 is 2.14 bits per heavy atom. The van der Waals surface area contributed by atoms with Gasteiger partial charge in [-0.15, -0.1) is 0 Å². The van der Waals surface area contributed by atoms with E-state index in [9.17, 15) is 4.79 Å². The third-order valence-electron chi connectivity index (χ3n) is 1.78. The van der Waals surface area contributed by atoms with Crippen LogP contribution < -0.4 is 0 Å². The molecule has 0 N–H and O–H groups in total. The summed E-state index contributed by atoms with van der Waals surface area (Å²) in [6, 6.07) is 0. The second-order valence-corrected chi connectivity index (χ2v) is 3.46. The van der Waals surface area contributed by atoms with E-state index in [2.05, 4.69) is 11.7 Å². The van der Waals surface area contributed by atoms with E-state index in [1.807, 2.05) is 11.8 Å². The highest BCUT2D eigenvalue weighted by atomic mass is 35.5. The van der Waals surface area contributed by atoms with Gasteiger partial charge in [0.25, 0.3) is 0 Å². The molecule has 0 heterocycles. The molecule has 0 atom stereocenters. The van der Waals surface area contributed by atoms with Crippen molar-refractivity contribution < 1.29 is 9.53 Å². The molecule has 14 heavy (non-hydrogen) atoms. The lowest BCUT2D eigenvalue weighted by molar-refractivity contribution is -0.141. The summed E-state index contributed by atoms with van der Waals surface area (Å²) >= 11 is 5.56. The first-order valence-electron chi connectivity index (χ1n) is 4.69. The molecule has 0 saturated carbocycles. The van der Waals surface area contributed by atoms with Gasteiger partial charge in [0.2, 0.25) is 0 Å². The van der Waals surface area contributed by atoms with Crippen LogP contribution in [-0.2, 0) is 9.53 Å². The monoisotopic (exact) mass is 219 g/mol. The highest BCUT2D eigenvalue weighted by Gasteiger charge is 2.09. The lowest BCUT2D eigenvalue weighted by Gasteiger charge is -2.20. The molecule has 0 aliphatic carbocycles. The van der Waals surface area contributed by atoms with Gasteiger partial charge in [0.1, 0.15) is 0 Å². The Labute approximate surface area is 90.7 Å². The maximum absolute atomic E-state index is 11.1. The van der Waals surface area contributed by atoms with Crippen molar-refractivity contribution in [3.05, 3.63) is 11.1 Å². The number of methoxy groups -OCH3 is 1. The molecule has 0 rings (SSSR count). The molecule has 0 spiro atoms. The van der Waals surface area contributed by atoms with Crippen molar-refractivity contribution in [1.29, 1.82) is 0 Å². The van der Waals surface area contributed by atoms with E-state index in [1.54, 1.807) is 5.54 Å². The molecule has 0 aromatic carbocycles. The highest BCUT2D eigenvalue weighted by molar-refractivity contribution is 6.25. The fourth-order valence-electron chi connectivity index (χ4n) is 1.16. The average Bonchev–Trinajstić information content (AvgIpc) is 2.17. The minimum absolute atomic E-state index is 0.208. The number of ether oxygens (including phenoxy) is 1. The maximum atomic E-state index is 11.1. The molecule has 0 aromatic heterocycles. The maximum Gasteiger partial charge on any atom is 0.319 e. The van der Waals surface area contributed by atoms with Gasteiger partial charge in [-0.2, -0.15) is 0 Å². The van der Waals surface area contributed by atoms with Crippen molar-refractivity contribution in [2.75, 3.05) is 26.7 Å². The topological polar surface area (TPSA) is 29.5 Å². The van der Waals surface area contributed by atoms with Crippen molar-refractivity contribution in [3.63, 3.8) is 0 Å². The summed E-state index contributed by atoms with van der Waals surface area (Å²) in [5, 5.41) is 0. The summed E-state index contributed by atoms with van der Waals surface area (Å²) in [6.07, 6.45) is 1.01. The molecule has 0 aliphatic heterocycles. The van der Waals surface area contributed by atoms with Gasteiger partial charge in [0, 0.05) is 12.1 Å². The van der Waals surface area contributed by atoms with Crippen LogP contribution in [0.15, 0.2) is 11.1 Å². The third kappa shape index (κ3) is 6.00. The number of hydrogen-bond donors (Lipinski definition) is 0. The van der Waals surface area contributed by atoms with Crippen LogP contribution in [-0.4, -0.2) is 37.6 Å². The van der Waals surface area contributed by atoms with E-state index in [0.717, 1.165) is 18.5 Å². The van der Waals surface area contributed by atoms with Gasteiger partial charge < -0.3 is 4.74 Å². The Morgan fingerprint density at radius 3 is 2.57 bits per heavy atom. The number of nitrogens with zero attached hydrogens (tertiary/aromatic N) is 1. The highest BCUT2D eigenvalue weighted by Crippen LogP contribution is 2.01. The molecule has 0 amide bonds. The minimum atomic E-state index is -0.208. The van der Waals surface area contributed by atoms with Crippen molar-refractivity contribution >= 4 is 17.6 Å². The van der Waals surface area contributed by atoms with E-state index < -0.39 is 0 Å². The zero-order chi connectivity index (χ0) is 11.0. The molecular formula is C10H18ClNO2. The molecule has 0 bridgehead atoms. The SMILES string of the molecule is CCCN(CC(=O)OC)CC(C)=CCl. The predicted octanol–water partition coefficient (Wildman–Crippen LogP) is 2.01. The molecule has 0 saturated heterocycles. The standard InChI is InChI=1S/C10H18ClNO2/c1-4-5-12(7-9(2)6-11)8-10(13)14-3/h6H,4-5,7-8H2,1-3H3. The van der Waals surface area contributed by atoms with Crippen LogP contribution >= 0.6 is 11.6 Å². The molecule has 0 unspecified atom stereocenters. The second kappa shape index (κ2) is 7.83. The van der Waals surface area contributed by atoms with Gasteiger partial charge >= 0.3 is 5.97 Å². The van der Waals surface area contributed by atoms with Crippen LogP contribution in [0.3, 0.4) is 0 Å². The smallest absolute Gasteiger partial charge is 0.319 e. The summed E-state index contributed by atoms with van der Waals surface area (Å²) in [6.45, 7) is 5.92. The van der Waals surface area contributed by atoms with Crippen LogP contribution in [0, 0.1) is 0 Å². The second-order valence-electron chi connectivity index (χ2n) is 3.24. The summed E-state index contributed by atoms with van der Waals surface area (Å²) in [5.41, 5.74) is 2.59. The number of carbonyl (C=O) groups is 1. The summed E-state index contributed by atoms with van der Waals surface area (Å²) in [7, 11) is 1.40. The minimum Gasteiger partial charge on any atom is -0.468 e. The number of esters is 1. The average molecular weight is 220 g/mol. The van der Waals surface area contributed by atoms with Crippen molar-refractivity contribution in [1.82, 2.24) is 4.90 Å². The van der Waals surface area contributed by atoms with Gasteiger partial charge in [0.05, 0.1) is 13.7 Å². The fourth-order valence-corrected chi connectivity index (χ4v) is 1.23. The van der Waals surface area contributed by atoms with E-state index >= 15 is 0 Å². The van der Waals surface area contributed by atoms with E-state index in [0.29, 0.717) is 13.1 Å². The van der Waals surface area contributed by atoms with Crippen LogP contribution in [0.4, 0.5) is 0 Å². The summed E-state index contributed by atoms with van der Waals surface area (Å²) in [4.78, 5) is 13.1. The van der Waals surface area contributed by atoms with Gasteiger partial charge in [-0.1, -0.05) is 18.5 Å². The number of hydrogen-bond acceptors (Lipinski definition) is 3. The third-order valence-corrected chi connectivity index (χ3v) is 2.15. The zero-order valence-electron chi connectivity index (χ0n) is 9.05. The molecule has 0 fully saturated rings. The van der Waals surface area contributed by atoms with Gasteiger partial charge in [-0.05, 0) is 25.5 Å². The molecule has 4 heteroatoms. The van der Waals surface area contributed by atoms with E-state index in [1.165, 1.54) is 7.11 Å². The Kier molecular flexibility index (Phi) is 7.52. The molecule has 0 aliphatic rings. The van der Waals surface area contributed by atoms with Gasteiger partial charge in [-0.3, -0.25) is 9.69 Å². The van der Waals surface area contributed by atoms with Crippen molar-refractivity contribution in [2.24, 2.45) is 0 Å². The largest absolute Gasteiger partial charge is 0.468 e. The van der Waals surface area contributed by atoms with Crippen LogP contribution in [0.5, 0.6) is 0 Å². The van der Waals surface area contributed by atoms with Crippen LogP contribution in [0.25, 0.3) is 0 Å². The lowest BCUT2D eigenvalue weighted by atomic mass is 10.3. The van der Waals surface area contributed by atoms with Gasteiger partial charge in [-0.25, -0.2) is 0 Å². The van der Waals surface area contributed by atoms with E-state index in [-0.39, 0.29) is 5.97 Å². The predicted molar refractivity (Wildman–Crippen MR) is 58.4 cm³/mol. The first-order valence-corrected chi connectivity index (χ1v) is 5.12. The fraction of sp³-hybridized carbons (Fsp3) is 0.700. The van der Waals surface area contributed by atoms with Crippen molar-refractivity contribution in [2.45, 2.75) is 20.3 Å². The Hall–Kier alpha value is -0.540. The molecule has 82 valence electrons. The van der Waals surface area contributed by atoms with Crippen LogP contribution in [0.1, 0.15) is 20.3 Å². The number of carbonyl (C=O) groups excluding carboxylic acids is 1. The first kappa shape index (κ1) is 13.5. The quantitative estimate of drug-likeness (QED) is 0.641. The molecular weight excluding hydrogens is 202 g/mol. The molecule has 0 aromatic rings. The Balaban J connectivity index is 4.07. The summed E-state index contributed by atoms with van der Waals surface area (Å²) < 4.78 is 4.61. The molecule has 3 nitrogen and oxygen atoms in total. The number of rotatable bonds is 6. The lowest BCUT2D eigenvalue weighted by Crippen LogP contribution is -2.32. The van der Waals surface area contributed by atoms with Crippen LogP contribution in [0.2, 0.25) is 0 Å². The summed E-state index contributed by atoms with van der Waals surface area (Å²) in [5.74, 6) is -0.208. The van der Waals surface area contributed by atoms with Crippen molar-refractivity contribution in [3.8, 4) is 0 Å². The Morgan fingerprint density at radius 1 is 1.50 bits per heavy atom.